The summed E-state index contributed by atoms with van der Waals surface area (Å²) in [5.41, 5.74) is -0.306. The average molecular weight is 367 g/mol. The molecule has 1 heterocycles. The summed E-state index contributed by atoms with van der Waals surface area (Å²) in [5.74, 6) is 0. The highest BCUT2D eigenvalue weighted by atomic mass is 35.5. The first-order chi connectivity index (χ1) is 10.2. The Morgan fingerprint density at radius 2 is 1.73 bits per heavy atom. The van der Waals surface area contributed by atoms with Crippen LogP contribution in [0.3, 0.4) is 0 Å². The first-order valence-electron chi connectivity index (χ1n) is 6.99. The minimum atomic E-state index is -3.65. The first-order valence-corrected chi connectivity index (χ1v) is 9.23. The van der Waals surface area contributed by atoms with Crippen LogP contribution in [-0.4, -0.2) is 51.7 Å². The lowest BCUT2D eigenvalue weighted by Crippen LogP contribution is -2.55. The second kappa shape index (κ2) is 7.03. The number of hydrogen-bond acceptors (Lipinski definition) is 4. The van der Waals surface area contributed by atoms with Gasteiger partial charge >= 0.3 is 0 Å². The van der Waals surface area contributed by atoms with Gasteiger partial charge in [-0.05, 0) is 32.0 Å². The van der Waals surface area contributed by atoms with Crippen molar-refractivity contribution in [3.63, 3.8) is 0 Å². The van der Waals surface area contributed by atoms with Gasteiger partial charge in [-0.2, -0.15) is 0 Å². The topological polar surface area (TPSA) is 58.6 Å². The number of benzene rings is 1. The van der Waals surface area contributed by atoms with Gasteiger partial charge in [0.25, 0.3) is 0 Å². The van der Waals surface area contributed by atoms with Crippen molar-refractivity contribution >= 4 is 33.2 Å². The third-order valence-electron chi connectivity index (χ3n) is 3.71. The van der Waals surface area contributed by atoms with Crippen molar-refractivity contribution < 1.29 is 13.2 Å². The molecule has 1 saturated heterocycles. The van der Waals surface area contributed by atoms with Crippen molar-refractivity contribution in [1.29, 1.82) is 0 Å². The van der Waals surface area contributed by atoms with Crippen molar-refractivity contribution in [1.82, 2.24) is 9.62 Å². The van der Waals surface area contributed by atoms with Crippen molar-refractivity contribution in [3.05, 3.63) is 28.2 Å². The zero-order valence-electron chi connectivity index (χ0n) is 12.6. The van der Waals surface area contributed by atoms with Crippen LogP contribution < -0.4 is 4.72 Å². The van der Waals surface area contributed by atoms with Crippen molar-refractivity contribution in [2.45, 2.75) is 24.3 Å². The van der Waals surface area contributed by atoms with Crippen LogP contribution in [0.2, 0.25) is 10.0 Å². The second-order valence-corrected chi connectivity index (χ2v) is 8.48. The molecule has 1 aromatic rings. The van der Waals surface area contributed by atoms with E-state index in [0.29, 0.717) is 29.8 Å². The standard InChI is InChI=1S/C14H20Cl2N2O3S/c1-14(2,18-3-5-21-6-4-18)10-17-22(19,20)13-8-11(15)7-12(16)9-13/h7-9,17H,3-6,10H2,1-2H3. The molecule has 22 heavy (non-hydrogen) atoms. The van der Waals surface area contributed by atoms with E-state index in [9.17, 15) is 8.42 Å². The third kappa shape index (κ3) is 4.57. The van der Waals surface area contributed by atoms with Gasteiger partial charge in [0.05, 0.1) is 18.1 Å². The van der Waals surface area contributed by atoms with Gasteiger partial charge in [0.1, 0.15) is 0 Å². The fourth-order valence-electron chi connectivity index (χ4n) is 2.32. The Hall–Kier alpha value is -0.370. The maximum atomic E-state index is 12.4. The highest BCUT2D eigenvalue weighted by Crippen LogP contribution is 2.23. The molecule has 0 atom stereocenters. The molecule has 0 spiro atoms. The Morgan fingerprint density at radius 3 is 2.27 bits per heavy atom. The molecule has 0 aromatic heterocycles. The van der Waals surface area contributed by atoms with E-state index in [1.165, 1.54) is 18.2 Å². The maximum absolute atomic E-state index is 12.4. The molecule has 1 fully saturated rings. The van der Waals surface area contributed by atoms with Crippen molar-refractivity contribution in [2.24, 2.45) is 0 Å². The SMILES string of the molecule is CC(C)(CNS(=O)(=O)c1cc(Cl)cc(Cl)c1)N1CCOCC1. The Labute approximate surface area is 141 Å². The number of nitrogens with zero attached hydrogens (tertiary/aromatic N) is 1. The van der Waals surface area contributed by atoms with Crippen LogP contribution in [0.5, 0.6) is 0 Å². The van der Waals surface area contributed by atoms with Crippen molar-refractivity contribution in [3.8, 4) is 0 Å². The number of sulfonamides is 1. The normalized spacial score (nSPS) is 17.6. The smallest absolute Gasteiger partial charge is 0.240 e. The molecule has 1 aliphatic rings. The van der Waals surface area contributed by atoms with Crippen LogP contribution in [0.25, 0.3) is 0 Å². The molecule has 0 aliphatic carbocycles. The van der Waals surface area contributed by atoms with Crippen LogP contribution in [0.1, 0.15) is 13.8 Å². The number of ether oxygens (including phenoxy) is 1. The molecule has 0 unspecified atom stereocenters. The molecule has 0 amide bonds. The molecule has 124 valence electrons. The van der Waals surface area contributed by atoms with Crippen LogP contribution in [-0.2, 0) is 14.8 Å². The van der Waals surface area contributed by atoms with E-state index in [1.54, 1.807) is 0 Å². The van der Waals surface area contributed by atoms with E-state index in [2.05, 4.69) is 9.62 Å². The summed E-state index contributed by atoms with van der Waals surface area (Å²) in [4.78, 5) is 2.28. The summed E-state index contributed by atoms with van der Waals surface area (Å²) in [6.07, 6.45) is 0. The lowest BCUT2D eigenvalue weighted by atomic mass is 10.0. The molecule has 2 rings (SSSR count). The summed E-state index contributed by atoms with van der Waals surface area (Å²) in [6.45, 7) is 7.21. The molecular formula is C14H20Cl2N2O3S. The zero-order chi connectivity index (χ0) is 16.4. The molecule has 0 bridgehead atoms. The van der Waals surface area contributed by atoms with Gasteiger partial charge in [0.15, 0.2) is 0 Å². The lowest BCUT2D eigenvalue weighted by Gasteiger charge is -2.40. The molecule has 8 heteroatoms. The van der Waals surface area contributed by atoms with Gasteiger partial charge in [-0.1, -0.05) is 23.2 Å². The van der Waals surface area contributed by atoms with Gasteiger partial charge in [0.2, 0.25) is 10.0 Å². The highest BCUT2D eigenvalue weighted by Gasteiger charge is 2.30. The number of morpholine rings is 1. The van der Waals surface area contributed by atoms with Crippen LogP contribution in [0, 0.1) is 0 Å². The Bertz CT molecular complexity index is 609. The minimum absolute atomic E-state index is 0.0720. The molecule has 1 aromatic carbocycles. The fourth-order valence-corrected chi connectivity index (χ4v) is 4.25. The summed E-state index contributed by atoms with van der Waals surface area (Å²) >= 11 is 11.7. The van der Waals surface area contributed by atoms with E-state index >= 15 is 0 Å². The number of hydrogen-bond donors (Lipinski definition) is 1. The van der Waals surface area contributed by atoms with Crippen LogP contribution in [0.15, 0.2) is 23.1 Å². The van der Waals surface area contributed by atoms with E-state index in [-0.39, 0.29) is 10.4 Å². The van der Waals surface area contributed by atoms with Gasteiger partial charge in [-0.15, -0.1) is 0 Å². The third-order valence-corrected chi connectivity index (χ3v) is 5.53. The lowest BCUT2D eigenvalue weighted by molar-refractivity contribution is -0.00803. The quantitative estimate of drug-likeness (QED) is 0.868. The van der Waals surface area contributed by atoms with Crippen LogP contribution >= 0.6 is 23.2 Å². The monoisotopic (exact) mass is 366 g/mol. The summed E-state index contributed by atoms with van der Waals surface area (Å²) in [7, 11) is -3.65. The Morgan fingerprint density at radius 1 is 1.18 bits per heavy atom. The van der Waals surface area contributed by atoms with Gasteiger partial charge in [-0.25, -0.2) is 13.1 Å². The van der Waals surface area contributed by atoms with Gasteiger partial charge in [-0.3, -0.25) is 4.90 Å². The first kappa shape index (κ1) is 18.0. The molecule has 0 radical (unpaired) electrons. The second-order valence-electron chi connectivity index (χ2n) is 5.84. The molecule has 5 nitrogen and oxygen atoms in total. The number of halogens is 2. The summed E-state index contributed by atoms with van der Waals surface area (Å²) in [5, 5.41) is 0.584. The molecule has 1 N–H and O–H groups in total. The van der Waals surface area contributed by atoms with E-state index in [0.717, 1.165) is 13.1 Å². The van der Waals surface area contributed by atoms with Crippen molar-refractivity contribution in [2.75, 3.05) is 32.8 Å². The number of nitrogens with one attached hydrogen (secondary N) is 1. The summed E-state index contributed by atoms with van der Waals surface area (Å²) in [6, 6.07) is 4.27. The Kier molecular flexibility index (Phi) is 5.74. The predicted molar refractivity (Wildman–Crippen MR) is 88.1 cm³/mol. The average Bonchev–Trinajstić information content (AvgIpc) is 2.45. The van der Waals surface area contributed by atoms with Crippen LogP contribution in [0.4, 0.5) is 0 Å². The largest absolute Gasteiger partial charge is 0.379 e. The van der Waals surface area contributed by atoms with E-state index < -0.39 is 10.0 Å². The Balaban J connectivity index is 2.08. The van der Waals surface area contributed by atoms with E-state index in [1.807, 2.05) is 13.8 Å². The van der Waals surface area contributed by atoms with Gasteiger partial charge < -0.3 is 4.74 Å². The van der Waals surface area contributed by atoms with Gasteiger partial charge in [0, 0.05) is 35.2 Å². The summed E-state index contributed by atoms with van der Waals surface area (Å²) < 4.78 is 32.8. The minimum Gasteiger partial charge on any atom is -0.379 e. The molecule has 1 aliphatic heterocycles. The van der Waals surface area contributed by atoms with E-state index in [4.69, 9.17) is 27.9 Å². The molecular weight excluding hydrogens is 347 g/mol. The maximum Gasteiger partial charge on any atom is 0.240 e. The zero-order valence-corrected chi connectivity index (χ0v) is 14.9. The molecule has 0 saturated carbocycles. The fraction of sp³-hybridized carbons (Fsp3) is 0.571. The predicted octanol–water partition coefficient (Wildman–Crippen LogP) is 2.38. The highest BCUT2D eigenvalue weighted by molar-refractivity contribution is 7.89. The number of rotatable bonds is 5.